The van der Waals surface area contributed by atoms with Gasteiger partial charge >= 0.3 is 0 Å². The van der Waals surface area contributed by atoms with Crippen LogP contribution >= 0.6 is 45.7 Å². The quantitative estimate of drug-likeness (QED) is 0.0367. The number of rotatable bonds is 39. The first-order valence-electron chi connectivity index (χ1n) is 28.3. The summed E-state index contributed by atoms with van der Waals surface area (Å²) >= 11 is 5.52. The maximum Gasteiger partial charge on any atom is 0.170 e. The van der Waals surface area contributed by atoms with Crippen molar-refractivity contribution >= 4 is 56.8 Å². The summed E-state index contributed by atoms with van der Waals surface area (Å²) in [5, 5.41) is 0. The van der Waals surface area contributed by atoms with E-state index in [9.17, 15) is 0 Å². The fourth-order valence-electron chi connectivity index (χ4n) is 10.6. The molecule has 1 aromatic carbocycles. The number of aryl methyl sites for hydroxylation is 2. The second-order valence-corrected chi connectivity index (χ2v) is 24.9. The van der Waals surface area contributed by atoms with E-state index in [-0.39, 0.29) is 16.9 Å². The van der Waals surface area contributed by atoms with Gasteiger partial charge in [-0.25, -0.2) is 13.2 Å². The van der Waals surface area contributed by atoms with Gasteiger partial charge in [0.05, 0.1) is 22.9 Å². The minimum Gasteiger partial charge on any atom is -0.206 e. The van der Waals surface area contributed by atoms with E-state index in [0.29, 0.717) is 32.6 Å². The van der Waals surface area contributed by atoms with E-state index in [1.54, 1.807) is 17.4 Å². The minimum atomic E-state index is -0.857. The summed E-state index contributed by atoms with van der Waals surface area (Å²) < 4.78 is 58.7. The van der Waals surface area contributed by atoms with Gasteiger partial charge in [-0.1, -0.05) is 233 Å². The first-order valence-corrected chi connectivity index (χ1v) is 31.5. The molecule has 69 heavy (non-hydrogen) atoms. The number of nitrogens with zero attached hydrogens (tertiary/aromatic N) is 2. The van der Waals surface area contributed by atoms with Crippen LogP contribution in [-0.2, 0) is 12.8 Å². The summed E-state index contributed by atoms with van der Waals surface area (Å²) in [6, 6.07) is 5.88. The zero-order valence-corrected chi connectivity index (χ0v) is 47.4. The Kier molecular flexibility index (Phi) is 27.6. The van der Waals surface area contributed by atoms with Crippen molar-refractivity contribution in [1.82, 2.24) is 8.75 Å². The lowest BCUT2D eigenvalue weighted by molar-refractivity contribution is 0.400. The van der Waals surface area contributed by atoms with Crippen LogP contribution in [0.25, 0.3) is 41.7 Å². The minimum absolute atomic E-state index is 0.194. The largest absolute Gasteiger partial charge is 0.206 e. The molecule has 0 aliphatic heterocycles. The van der Waals surface area contributed by atoms with E-state index in [4.69, 9.17) is 8.75 Å². The van der Waals surface area contributed by atoms with E-state index >= 15 is 13.2 Å². The summed E-state index contributed by atoms with van der Waals surface area (Å²) in [6.07, 6.45) is 42.9. The van der Waals surface area contributed by atoms with Crippen molar-refractivity contribution in [2.24, 2.45) is 11.8 Å². The molecule has 0 amide bonds. The Labute approximate surface area is 434 Å². The van der Waals surface area contributed by atoms with Gasteiger partial charge in [-0.15, -0.1) is 34.0 Å². The highest BCUT2D eigenvalue weighted by atomic mass is 32.1. The predicted molar refractivity (Wildman–Crippen MR) is 302 cm³/mol. The number of thiophene rings is 3. The molecule has 0 spiro atoms. The van der Waals surface area contributed by atoms with Gasteiger partial charge in [0.2, 0.25) is 0 Å². The molecule has 0 aliphatic carbocycles. The lowest BCUT2D eigenvalue weighted by Gasteiger charge is -2.17. The van der Waals surface area contributed by atoms with Crippen molar-refractivity contribution < 1.29 is 13.2 Å². The van der Waals surface area contributed by atoms with Crippen LogP contribution in [0, 0.1) is 43.1 Å². The molecule has 0 bridgehead atoms. The van der Waals surface area contributed by atoms with Crippen molar-refractivity contribution in [3.8, 4) is 30.6 Å². The number of benzene rings is 1. The van der Waals surface area contributed by atoms with Gasteiger partial charge in [-0.2, -0.15) is 8.75 Å². The molecule has 4 aromatic heterocycles. The number of fused-ring (bicyclic) bond motifs is 1. The van der Waals surface area contributed by atoms with E-state index in [0.717, 1.165) is 57.6 Å². The van der Waals surface area contributed by atoms with Crippen LogP contribution in [0.5, 0.6) is 0 Å². The summed E-state index contributed by atoms with van der Waals surface area (Å²) in [6.45, 7) is 13.1. The van der Waals surface area contributed by atoms with Crippen LogP contribution in [0.3, 0.4) is 0 Å². The summed E-state index contributed by atoms with van der Waals surface area (Å²) in [5.74, 6) is -0.834. The van der Waals surface area contributed by atoms with E-state index in [1.165, 1.54) is 226 Å². The van der Waals surface area contributed by atoms with Crippen LogP contribution in [0.15, 0.2) is 18.2 Å². The van der Waals surface area contributed by atoms with Gasteiger partial charge in [0.25, 0.3) is 0 Å². The normalized spacial score (nSPS) is 12.8. The molecule has 0 N–H and O–H groups in total. The predicted octanol–water partition coefficient (Wildman–Crippen LogP) is 22.8. The first kappa shape index (κ1) is 57.8. The molecular weight excluding hydrogens is 934 g/mol. The molecule has 386 valence electrons. The molecule has 5 aromatic rings. The second kappa shape index (κ2) is 32.9. The Balaban J connectivity index is 1.40. The third kappa shape index (κ3) is 18.7. The molecule has 9 heteroatoms. The van der Waals surface area contributed by atoms with E-state index < -0.39 is 11.6 Å². The molecule has 2 nitrogen and oxygen atoms in total. The van der Waals surface area contributed by atoms with Crippen molar-refractivity contribution in [3.05, 3.63) is 56.5 Å². The van der Waals surface area contributed by atoms with Crippen molar-refractivity contribution in [2.75, 3.05) is 0 Å². The highest BCUT2D eigenvalue weighted by Crippen LogP contribution is 2.48. The van der Waals surface area contributed by atoms with Crippen LogP contribution in [0.4, 0.5) is 13.2 Å². The number of halogens is 3. The Morgan fingerprint density at radius 1 is 0.406 bits per heavy atom. The Morgan fingerprint density at radius 2 is 0.754 bits per heavy atom. The van der Waals surface area contributed by atoms with Gasteiger partial charge < -0.3 is 0 Å². The van der Waals surface area contributed by atoms with Gasteiger partial charge in [-0.05, 0) is 67.9 Å². The van der Waals surface area contributed by atoms with Crippen LogP contribution in [-0.4, -0.2) is 8.75 Å². The van der Waals surface area contributed by atoms with E-state index in [2.05, 4.69) is 46.8 Å². The molecule has 0 saturated carbocycles. The standard InChI is InChI=1S/C60H91F3N2S4/c1-7-11-15-19-23-25-29-33-36-46(35-31-27-21-17-13-9-3)39-48-41-51(66-44(48)5)54-56(62)57(63)55(59-58(54)64-69-65-59)52-42-49(60(68-52)53-43-50(61)45(6)67-53)40-47(37-32-28-22-18-14-10-4)38-34-30-26-24-20-16-12-8-2/h41-43,46-47H,7-40H2,1-6H3. The number of hydrogen-bond acceptors (Lipinski definition) is 6. The van der Waals surface area contributed by atoms with Crippen molar-refractivity contribution in [2.45, 2.75) is 260 Å². The highest BCUT2D eigenvalue weighted by molar-refractivity contribution is 7.24. The van der Waals surface area contributed by atoms with Crippen LogP contribution < -0.4 is 0 Å². The van der Waals surface area contributed by atoms with Gasteiger partial charge in [-0.3, -0.25) is 0 Å². The maximum atomic E-state index is 17.1. The first-order chi connectivity index (χ1) is 33.7. The summed E-state index contributed by atoms with van der Waals surface area (Å²) in [5.41, 5.74) is 3.68. The van der Waals surface area contributed by atoms with Crippen molar-refractivity contribution in [3.63, 3.8) is 0 Å². The molecule has 5 rings (SSSR count). The topological polar surface area (TPSA) is 25.8 Å². The third-order valence-electron chi connectivity index (χ3n) is 14.9. The molecule has 2 unspecified atom stereocenters. The third-order valence-corrected chi connectivity index (χ3v) is 18.9. The average Bonchev–Trinajstić information content (AvgIpc) is 4.14. The van der Waals surface area contributed by atoms with E-state index in [1.807, 2.05) is 6.92 Å². The van der Waals surface area contributed by atoms with Gasteiger partial charge in [0.15, 0.2) is 11.6 Å². The van der Waals surface area contributed by atoms with Gasteiger partial charge in [0.1, 0.15) is 16.9 Å². The lowest BCUT2D eigenvalue weighted by atomic mass is 9.88. The molecule has 0 saturated heterocycles. The SMILES string of the molecule is CCCCCCCCCCC(CCCCCCCC)Cc1cc(-c2c(F)c(F)c(-c3cc(CC(CCCCCCCC)CCCCCCCCCC)c(-c4cc(F)c(C)s4)s3)c3nsnc23)sc1C. The van der Waals surface area contributed by atoms with Crippen LogP contribution in [0.2, 0.25) is 0 Å². The molecule has 0 aliphatic rings. The van der Waals surface area contributed by atoms with Crippen molar-refractivity contribution in [1.29, 1.82) is 0 Å². The molecule has 0 radical (unpaired) electrons. The number of hydrogen-bond donors (Lipinski definition) is 0. The zero-order valence-electron chi connectivity index (χ0n) is 44.1. The lowest BCUT2D eigenvalue weighted by Crippen LogP contribution is -2.06. The Hall–Kier alpha value is -2.07. The Morgan fingerprint density at radius 3 is 1.14 bits per heavy atom. The molecule has 4 heterocycles. The monoisotopic (exact) mass is 1020 g/mol. The molecule has 2 atom stereocenters. The molecule has 0 fully saturated rings. The van der Waals surface area contributed by atoms with Gasteiger partial charge in [0, 0.05) is 29.3 Å². The smallest absolute Gasteiger partial charge is 0.170 e. The fourth-order valence-corrected chi connectivity index (χ4v) is 14.5. The average molecular weight is 1030 g/mol. The van der Waals surface area contributed by atoms with Crippen LogP contribution in [0.1, 0.15) is 254 Å². The summed E-state index contributed by atoms with van der Waals surface area (Å²) in [4.78, 5) is 5.07. The number of aromatic nitrogens is 2. The second-order valence-electron chi connectivity index (χ2n) is 20.8. The Bertz CT molecular complexity index is 2140. The fraction of sp³-hybridized carbons (Fsp3) is 0.700. The maximum absolute atomic E-state index is 17.1. The summed E-state index contributed by atoms with van der Waals surface area (Å²) in [7, 11) is 0. The highest BCUT2D eigenvalue weighted by Gasteiger charge is 2.29. The molecular formula is C60H91F3N2S4. The zero-order chi connectivity index (χ0) is 49.2. The number of unbranched alkanes of at least 4 members (excludes halogenated alkanes) is 24.